The van der Waals surface area contributed by atoms with Gasteiger partial charge in [-0.1, -0.05) is 49.4 Å². The van der Waals surface area contributed by atoms with Gasteiger partial charge in [0.2, 0.25) is 0 Å². The average Bonchev–Trinajstić information content (AvgIpc) is 2.53. The molecule has 2 atom stereocenters. The van der Waals surface area contributed by atoms with Crippen LogP contribution in [-0.4, -0.2) is 17.9 Å². The molecule has 2 nitrogen and oxygen atoms in total. The topological polar surface area (TPSA) is 26.3 Å². The lowest BCUT2D eigenvalue weighted by Crippen LogP contribution is -2.13. The molecular weight excluding hydrogens is 268 g/mol. The van der Waals surface area contributed by atoms with Crippen LogP contribution in [0.2, 0.25) is 0 Å². The molecule has 0 amide bonds. The largest absolute Gasteiger partial charge is 0.383 e. The number of hydrogen-bond acceptors (Lipinski definition) is 2. The van der Waals surface area contributed by atoms with Gasteiger partial charge in [-0.15, -0.1) is 0 Å². The van der Waals surface area contributed by atoms with Gasteiger partial charge in [-0.3, -0.25) is 4.21 Å². The van der Waals surface area contributed by atoms with E-state index in [2.05, 4.69) is 6.92 Å². The fraction of sp³-hybridized carbons (Fsp3) is 0.294. The van der Waals surface area contributed by atoms with E-state index < -0.39 is 10.8 Å². The fourth-order valence-electron chi connectivity index (χ4n) is 2.12. The first-order valence-corrected chi connectivity index (χ1v) is 8.01. The van der Waals surface area contributed by atoms with Gasteiger partial charge < -0.3 is 4.74 Å². The van der Waals surface area contributed by atoms with Crippen LogP contribution < -0.4 is 0 Å². The Labute approximate surface area is 123 Å². The monoisotopic (exact) mass is 288 g/mol. The number of aryl methyl sites for hydroxylation is 1. The predicted octanol–water partition coefficient (Wildman–Crippen LogP) is 3.74. The minimum Gasteiger partial charge on any atom is -0.383 e. The van der Waals surface area contributed by atoms with E-state index in [0.29, 0.717) is 6.61 Å². The Morgan fingerprint density at radius 1 is 1.05 bits per heavy atom. The van der Waals surface area contributed by atoms with Crippen LogP contribution in [0.1, 0.15) is 23.3 Å². The molecule has 0 aliphatic carbocycles. The van der Waals surface area contributed by atoms with Crippen LogP contribution in [0.4, 0.5) is 0 Å². The van der Waals surface area contributed by atoms with Gasteiger partial charge in [0.05, 0.1) is 22.7 Å². The average molecular weight is 288 g/mol. The molecule has 0 radical (unpaired) electrons. The molecule has 3 heteroatoms. The van der Waals surface area contributed by atoms with Crippen molar-refractivity contribution in [2.24, 2.45) is 0 Å². The third kappa shape index (κ3) is 3.56. The van der Waals surface area contributed by atoms with E-state index in [1.165, 1.54) is 5.56 Å². The van der Waals surface area contributed by atoms with Crippen molar-refractivity contribution in [2.75, 3.05) is 13.7 Å². The van der Waals surface area contributed by atoms with Crippen LogP contribution in [0.3, 0.4) is 0 Å². The Balaban J connectivity index is 2.26. The van der Waals surface area contributed by atoms with Gasteiger partial charge in [-0.05, 0) is 29.7 Å². The maximum Gasteiger partial charge on any atom is 0.0877 e. The van der Waals surface area contributed by atoms with E-state index in [1.807, 2.05) is 54.6 Å². The zero-order valence-electron chi connectivity index (χ0n) is 11.9. The summed E-state index contributed by atoms with van der Waals surface area (Å²) in [5, 5.41) is -0.131. The van der Waals surface area contributed by atoms with E-state index in [4.69, 9.17) is 4.74 Å². The molecule has 106 valence electrons. The molecule has 2 aromatic carbocycles. The molecule has 0 fully saturated rings. The summed E-state index contributed by atoms with van der Waals surface area (Å²) >= 11 is 0. The predicted molar refractivity (Wildman–Crippen MR) is 83.3 cm³/mol. The molecule has 2 unspecified atom stereocenters. The van der Waals surface area contributed by atoms with Crippen molar-refractivity contribution in [1.29, 1.82) is 0 Å². The lowest BCUT2D eigenvalue weighted by molar-refractivity contribution is 0.199. The normalized spacial score (nSPS) is 13.9. The maximum atomic E-state index is 12.8. The smallest absolute Gasteiger partial charge is 0.0877 e. The molecule has 0 N–H and O–H groups in total. The van der Waals surface area contributed by atoms with Crippen LogP contribution in [0.25, 0.3) is 0 Å². The molecule has 0 saturated heterocycles. The Morgan fingerprint density at radius 3 is 2.25 bits per heavy atom. The van der Waals surface area contributed by atoms with Crippen molar-refractivity contribution in [3.63, 3.8) is 0 Å². The second-order valence-corrected chi connectivity index (χ2v) is 6.28. The van der Waals surface area contributed by atoms with E-state index in [9.17, 15) is 4.21 Å². The van der Waals surface area contributed by atoms with Crippen molar-refractivity contribution < 1.29 is 8.95 Å². The molecule has 2 aromatic rings. The van der Waals surface area contributed by atoms with E-state index in [-0.39, 0.29) is 5.25 Å². The van der Waals surface area contributed by atoms with Crippen molar-refractivity contribution in [2.45, 2.75) is 23.5 Å². The van der Waals surface area contributed by atoms with Crippen molar-refractivity contribution in [1.82, 2.24) is 0 Å². The van der Waals surface area contributed by atoms with Crippen LogP contribution >= 0.6 is 0 Å². The highest BCUT2D eigenvalue weighted by atomic mass is 32.2. The Morgan fingerprint density at radius 2 is 1.70 bits per heavy atom. The molecule has 0 saturated carbocycles. The van der Waals surface area contributed by atoms with Gasteiger partial charge in [0.25, 0.3) is 0 Å². The van der Waals surface area contributed by atoms with Gasteiger partial charge >= 0.3 is 0 Å². The minimum absolute atomic E-state index is 0.131. The van der Waals surface area contributed by atoms with E-state index >= 15 is 0 Å². The summed E-state index contributed by atoms with van der Waals surface area (Å²) in [6.07, 6.45) is 0.993. The van der Waals surface area contributed by atoms with E-state index in [1.54, 1.807) is 7.11 Å². The highest BCUT2D eigenvalue weighted by molar-refractivity contribution is 7.85. The Bertz CT molecular complexity index is 549. The second-order valence-electron chi connectivity index (χ2n) is 4.65. The Hall–Kier alpha value is -1.45. The molecule has 0 aromatic heterocycles. The lowest BCUT2D eigenvalue weighted by Gasteiger charge is -2.16. The maximum absolute atomic E-state index is 12.8. The van der Waals surface area contributed by atoms with Gasteiger partial charge in [-0.2, -0.15) is 0 Å². The summed E-state index contributed by atoms with van der Waals surface area (Å²) in [6, 6.07) is 17.9. The zero-order valence-corrected chi connectivity index (χ0v) is 12.7. The summed E-state index contributed by atoms with van der Waals surface area (Å²) in [7, 11) is 0.539. The summed E-state index contributed by atoms with van der Waals surface area (Å²) in [6.45, 7) is 2.57. The number of hydrogen-bond donors (Lipinski definition) is 0. The molecule has 0 aliphatic rings. The number of ether oxygens (including phenoxy) is 1. The summed E-state index contributed by atoms with van der Waals surface area (Å²) in [5.41, 5.74) is 2.31. The van der Waals surface area contributed by atoms with Crippen molar-refractivity contribution in [3.05, 3.63) is 65.7 Å². The third-order valence-corrected chi connectivity index (χ3v) is 4.97. The highest BCUT2D eigenvalue weighted by Gasteiger charge is 2.20. The molecule has 20 heavy (non-hydrogen) atoms. The SMILES string of the molecule is CCc1ccc(S(=O)C(COC)c2ccccc2)cc1. The fourth-order valence-corrected chi connectivity index (χ4v) is 3.52. The number of benzene rings is 2. The molecule has 2 rings (SSSR count). The minimum atomic E-state index is -1.11. The number of rotatable bonds is 6. The van der Waals surface area contributed by atoms with Crippen LogP contribution in [0.15, 0.2) is 59.5 Å². The van der Waals surface area contributed by atoms with Gasteiger partial charge in [0, 0.05) is 12.0 Å². The standard InChI is InChI=1S/C17H20O2S/c1-3-14-9-11-16(12-10-14)20(18)17(13-19-2)15-7-5-4-6-8-15/h4-12,17H,3,13H2,1-2H3. The first kappa shape index (κ1) is 14.9. The summed E-state index contributed by atoms with van der Waals surface area (Å²) < 4.78 is 18.0. The van der Waals surface area contributed by atoms with Crippen LogP contribution in [0, 0.1) is 0 Å². The third-order valence-electron chi connectivity index (χ3n) is 3.31. The zero-order chi connectivity index (χ0) is 14.4. The molecular formula is C17H20O2S. The van der Waals surface area contributed by atoms with Crippen molar-refractivity contribution in [3.8, 4) is 0 Å². The molecule has 0 spiro atoms. The highest BCUT2D eigenvalue weighted by Crippen LogP contribution is 2.25. The first-order chi connectivity index (χ1) is 9.76. The molecule has 0 heterocycles. The number of methoxy groups -OCH3 is 1. The van der Waals surface area contributed by atoms with Gasteiger partial charge in [0.1, 0.15) is 0 Å². The lowest BCUT2D eigenvalue weighted by atomic mass is 10.1. The summed E-state index contributed by atoms with van der Waals surface area (Å²) in [4.78, 5) is 0.855. The molecule has 0 bridgehead atoms. The van der Waals surface area contributed by atoms with Crippen molar-refractivity contribution >= 4 is 10.8 Å². The van der Waals surface area contributed by atoms with Crippen LogP contribution in [-0.2, 0) is 22.0 Å². The van der Waals surface area contributed by atoms with E-state index in [0.717, 1.165) is 16.9 Å². The van der Waals surface area contributed by atoms with Gasteiger partial charge in [-0.25, -0.2) is 0 Å². The van der Waals surface area contributed by atoms with Crippen LogP contribution in [0.5, 0.6) is 0 Å². The Kier molecular flexibility index (Phi) is 5.50. The van der Waals surface area contributed by atoms with Gasteiger partial charge in [0.15, 0.2) is 0 Å². The second kappa shape index (κ2) is 7.36. The molecule has 0 aliphatic heterocycles. The quantitative estimate of drug-likeness (QED) is 0.809. The first-order valence-electron chi connectivity index (χ1n) is 6.79. The summed E-state index contributed by atoms with van der Waals surface area (Å²) in [5.74, 6) is 0.